The van der Waals surface area contributed by atoms with Crippen molar-refractivity contribution in [2.45, 2.75) is 32.8 Å². The van der Waals surface area contributed by atoms with Crippen LogP contribution in [0.1, 0.15) is 37.0 Å². The molecule has 1 N–H and O–H groups in total. The molecule has 1 saturated heterocycles. The third-order valence-electron chi connectivity index (χ3n) is 4.39. The molecule has 0 aromatic heterocycles. The van der Waals surface area contributed by atoms with Gasteiger partial charge in [0, 0.05) is 25.1 Å². The van der Waals surface area contributed by atoms with Crippen LogP contribution in [0.3, 0.4) is 0 Å². The van der Waals surface area contributed by atoms with Gasteiger partial charge in [-0.15, -0.1) is 0 Å². The van der Waals surface area contributed by atoms with Gasteiger partial charge < -0.3 is 14.8 Å². The van der Waals surface area contributed by atoms with Gasteiger partial charge in [-0.1, -0.05) is 25.4 Å². The van der Waals surface area contributed by atoms with Crippen molar-refractivity contribution in [3.05, 3.63) is 32.8 Å². The fourth-order valence-corrected chi connectivity index (χ4v) is 3.42. The zero-order chi connectivity index (χ0) is 18.6. The van der Waals surface area contributed by atoms with Crippen molar-refractivity contribution in [1.82, 2.24) is 0 Å². The molecule has 138 valence electrons. The molecule has 0 amide bonds. The summed E-state index contributed by atoms with van der Waals surface area (Å²) in [7, 11) is 1.20. The molecule has 1 heterocycles. The number of hydrogen-bond acceptors (Lipinski definition) is 6. The molecule has 25 heavy (non-hydrogen) atoms. The maximum Gasteiger partial charge on any atom is 0.339 e. The number of carbonyl (C=O) groups is 1. The highest BCUT2D eigenvalue weighted by Gasteiger charge is 2.29. The van der Waals surface area contributed by atoms with E-state index in [0.717, 1.165) is 25.5 Å². The number of nitro groups is 1. The molecule has 0 radical (unpaired) electrons. The Morgan fingerprint density at radius 1 is 1.52 bits per heavy atom. The number of methoxy groups -OCH3 is 1. The molecule has 2 unspecified atom stereocenters. The van der Waals surface area contributed by atoms with Crippen molar-refractivity contribution in [2.75, 3.05) is 25.6 Å². The number of nitrogens with zero attached hydrogens (tertiary/aromatic N) is 1. The number of carbonyl (C=O) groups excluding carboxylic acids is 1. The van der Waals surface area contributed by atoms with Crippen LogP contribution in [0, 0.1) is 22.0 Å². The second kappa shape index (κ2) is 8.49. The standard InChI is InChI=1S/C17H23ClN2O5/c1-10(2)16-11(5-4-6-25-16)9-19-14-8-13(18)12(17(21)24-3)7-15(14)20(22)23/h7-8,10-11,16,19H,4-6,9H2,1-3H3. The van der Waals surface area contributed by atoms with Crippen molar-refractivity contribution in [2.24, 2.45) is 11.8 Å². The molecule has 2 atom stereocenters. The summed E-state index contributed by atoms with van der Waals surface area (Å²) < 4.78 is 10.5. The summed E-state index contributed by atoms with van der Waals surface area (Å²) in [4.78, 5) is 22.5. The second-order valence-corrected chi connectivity index (χ2v) is 6.87. The van der Waals surface area contributed by atoms with Gasteiger partial charge in [-0.3, -0.25) is 10.1 Å². The molecular formula is C17H23ClN2O5. The van der Waals surface area contributed by atoms with Gasteiger partial charge >= 0.3 is 5.97 Å². The molecule has 0 aliphatic carbocycles. The van der Waals surface area contributed by atoms with Crippen molar-refractivity contribution in [3.63, 3.8) is 0 Å². The number of anilines is 1. The fraction of sp³-hybridized carbons (Fsp3) is 0.588. The van der Waals surface area contributed by atoms with E-state index in [2.05, 4.69) is 23.9 Å². The Kier molecular flexibility index (Phi) is 6.61. The lowest BCUT2D eigenvalue weighted by atomic mass is 9.87. The van der Waals surface area contributed by atoms with Gasteiger partial charge in [-0.05, 0) is 24.8 Å². The molecule has 7 nitrogen and oxygen atoms in total. The van der Waals surface area contributed by atoms with E-state index in [4.69, 9.17) is 16.3 Å². The van der Waals surface area contributed by atoms with E-state index in [1.807, 2.05) is 0 Å². The SMILES string of the molecule is COC(=O)c1cc([N+](=O)[O-])c(NCC2CCCOC2C(C)C)cc1Cl. The van der Waals surface area contributed by atoms with Gasteiger partial charge in [0.05, 0.1) is 28.7 Å². The van der Waals surface area contributed by atoms with Crippen molar-refractivity contribution < 1.29 is 19.2 Å². The number of halogens is 1. The van der Waals surface area contributed by atoms with Crippen molar-refractivity contribution in [3.8, 4) is 0 Å². The smallest absolute Gasteiger partial charge is 0.339 e. The number of esters is 1. The Balaban J connectivity index is 2.22. The predicted molar refractivity (Wildman–Crippen MR) is 95.2 cm³/mol. The summed E-state index contributed by atoms with van der Waals surface area (Å²) in [6.07, 6.45) is 2.09. The molecule has 1 aromatic carbocycles. The van der Waals surface area contributed by atoms with Crippen molar-refractivity contribution >= 4 is 28.9 Å². The first-order valence-corrected chi connectivity index (χ1v) is 8.64. The van der Waals surface area contributed by atoms with Gasteiger partial charge in [0.2, 0.25) is 0 Å². The van der Waals surface area contributed by atoms with E-state index in [1.165, 1.54) is 13.2 Å². The van der Waals surface area contributed by atoms with E-state index in [9.17, 15) is 14.9 Å². The quantitative estimate of drug-likeness (QED) is 0.464. The molecule has 1 aromatic rings. The Hall–Kier alpha value is -1.86. The zero-order valence-corrected chi connectivity index (χ0v) is 15.3. The molecule has 2 rings (SSSR count). The van der Waals surface area contributed by atoms with Crippen molar-refractivity contribution in [1.29, 1.82) is 0 Å². The number of ether oxygens (including phenoxy) is 2. The highest BCUT2D eigenvalue weighted by Crippen LogP contribution is 2.33. The third kappa shape index (κ3) is 4.61. The van der Waals surface area contributed by atoms with Gasteiger partial charge in [0.1, 0.15) is 5.69 Å². The van der Waals surface area contributed by atoms with Crippen LogP contribution in [0.5, 0.6) is 0 Å². The van der Waals surface area contributed by atoms with E-state index in [-0.39, 0.29) is 34.0 Å². The van der Waals surface area contributed by atoms with Gasteiger partial charge in [0.25, 0.3) is 5.69 Å². The number of nitrogens with one attached hydrogen (secondary N) is 1. The average Bonchev–Trinajstić information content (AvgIpc) is 2.59. The van der Waals surface area contributed by atoms with E-state index in [0.29, 0.717) is 12.5 Å². The summed E-state index contributed by atoms with van der Waals surface area (Å²) in [5.74, 6) is -0.0833. The first kappa shape index (κ1) is 19.5. The minimum absolute atomic E-state index is 0.0255. The lowest BCUT2D eigenvalue weighted by Crippen LogP contribution is -2.37. The maximum atomic E-state index is 11.7. The van der Waals surface area contributed by atoms with Crippen LogP contribution in [0.25, 0.3) is 0 Å². The largest absolute Gasteiger partial charge is 0.465 e. The van der Waals surface area contributed by atoms with Crippen LogP contribution in [-0.4, -0.2) is 37.3 Å². The number of rotatable bonds is 6. The van der Waals surface area contributed by atoms with Gasteiger partial charge in [-0.2, -0.15) is 0 Å². The van der Waals surface area contributed by atoms with Crippen LogP contribution in [0.15, 0.2) is 12.1 Å². The monoisotopic (exact) mass is 370 g/mol. The van der Waals surface area contributed by atoms with Crippen LogP contribution in [-0.2, 0) is 9.47 Å². The lowest BCUT2D eigenvalue weighted by Gasteiger charge is -2.34. The molecule has 1 aliphatic heterocycles. The summed E-state index contributed by atoms with van der Waals surface area (Å²) >= 11 is 6.09. The first-order chi connectivity index (χ1) is 11.8. The highest BCUT2D eigenvalue weighted by molar-refractivity contribution is 6.34. The molecule has 1 fully saturated rings. The number of hydrogen-bond donors (Lipinski definition) is 1. The molecular weight excluding hydrogens is 348 g/mol. The maximum absolute atomic E-state index is 11.7. The Bertz CT molecular complexity index is 650. The Morgan fingerprint density at radius 3 is 2.84 bits per heavy atom. The molecule has 0 saturated carbocycles. The third-order valence-corrected chi connectivity index (χ3v) is 4.71. The average molecular weight is 371 g/mol. The van der Waals surface area contributed by atoms with E-state index in [1.54, 1.807) is 0 Å². The molecule has 8 heteroatoms. The topological polar surface area (TPSA) is 90.7 Å². The first-order valence-electron chi connectivity index (χ1n) is 8.26. The van der Waals surface area contributed by atoms with E-state index < -0.39 is 10.9 Å². The minimum Gasteiger partial charge on any atom is -0.465 e. The molecule has 0 bridgehead atoms. The van der Waals surface area contributed by atoms with Crippen LogP contribution in [0.2, 0.25) is 5.02 Å². The molecule has 1 aliphatic rings. The Morgan fingerprint density at radius 2 is 2.24 bits per heavy atom. The summed E-state index contributed by atoms with van der Waals surface area (Å²) in [5.41, 5.74) is 0.0563. The van der Waals surface area contributed by atoms with Crippen LogP contribution >= 0.6 is 11.6 Å². The lowest BCUT2D eigenvalue weighted by molar-refractivity contribution is -0.384. The Labute approximate surface area is 151 Å². The summed E-state index contributed by atoms with van der Waals surface area (Å²) in [5, 5.41) is 14.6. The summed E-state index contributed by atoms with van der Waals surface area (Å²) in [6.45, 7) is 5.50. The van der Waals surface area contributed by atoms with Gasteiger partial charge in [-0.25, -0.2) is 4.79 Å². The van der Waals surface area contributed by atoms with Crippen LogP contribution in [0.4, 0.5) is 11.4 Å². The predicted octanol–water partition coefficient (Wildman–Crippen LogP) is 3.90. The number of nitro benzene ring substituents is 1. The minimum atomic E-state index is -0.708. The zero-order valence-electron chi connectivity index (χ0n) is 14.6. The van der Waals surface area contributed by atoms with Gasteiger partial charge in [0.15, 0.2) is 0 Å². The number of benzene rings is 1. The summed E-state index contributed by atoms with van der Waals surface area (Å²) in [6, 6.07) is 2.55. The normalized spacial score (nSPS) is 20.4. The fourth-order valence-electron chi connectivity index (χ4n) is 3.18. The van der Waals surface area contributed by atoms with Crippen LogP contribution < -0.4 is 5.32 Å². The molecule has 0 spiro atoms. The second-order valence-electron chi connectivity index (χ2n) is 6.46. The highest BCUT2D eigenvalue weighted by atomic mass is 35.5. The van der Waals surface area contributed by atoms with E-state index >= 15 is 0 Å².